The van der Waals surface area contributed by atoms with Crippen molar-refractivity contribution in [2.75, 3.05) is 45.7 Å². The normalized spacial score (nSPS) is 10.6. The standard InChI is InChI=1S/C12H20N4OS/c1-16(8-9-17-2)7-6-14-11-5-3-4-10(15-11)12(13)18/h3-5H,6-9H2,1-2H3,(H2,13,18)(H,14,15). The average Bonchev–Trinajstić information content (AvgIpc) is 2.36. The molecule has 0 spiro atoms. The van der Waals surface area contributed by atoms with Crippen molar-refractivity contribution in [2.45, 2.75) is 0 Å². The summed E-state index contributed by atoms with van der Waals surface area (Å²) in [5, 5.41) is 3.24. The third-order valence-electron chi connectivity index (χ3n) is 2.48. The Morgan fingerprint density at radius 3 is 2.94 bits per heavy atom. The number of nitrogens with one attached hydrogen (secondary N) is 1. The Morgan fingerprint density at radius 2 is 2.28 bits per heavy atom. The predicted octanol–water partition coefficient (Wildman–Crippen LogP) is 0.706. The lowest BCUT2D eigenvalue weighted by Gasteiger charge is -2.16. The Bertz CT molecular complexity index is 386. The first-order chi connectivity index (χ1) is 8.63. The van der Waals surface area contributed by atoms with E-state index in [0.29, 0.717) is 10.7 Å². The number of nitrogens with two attached hydrogens (primary N) is 1. The van der Waals surface area contributed by atoms with Crippen LogP contribution in [0.3, 0.4) is 0 Å². The van der Waals surface area contributed by atoms with Crippen LogP contribution in [0.5, 0.6) is 0 Å². The molecule has 0 atom stereocenters. The maximum absolute atomic E-state index is 5.53. The Hall–Kier alpha value is -1.24. The molecule has 0 aromatic carbocycles. The first kappa shape index (κ1) is 14.8. The maximum Gasteiger partial charge on any atom is 0.126 e. The molecule has 3 N–H and O–H groups in total. The zero-order chi connectivity index (χ0) is 13.4. The highest BCUT2D eigenvalue weighted by atomic mass is 32.1. The van der Waals surface area contributed by atoms with E-state index in [0.717, 1.165) is 32.1 Å². The van der Waals surface area contributed by atoms with E-state index < -0.39 is 0 Å². The van der Waals surface area contributed by atoms with Crippen LogP contribution >= 0.6 is 12.2 Å². The number of ether oxygens (including phenoxy) is 1. The van der Waals surface area contributed by atoms with Crippen LogP contribution in [0.15, 0.2) is 18.2 Å². The van der Waals surface area contributed by atoms with Gasteiger partial charge in [0.05, 0.1) is 12.3 Å². The first-order valence-electron chi connectivity index (χ1n) is 5.81. The van der Waals surface area contributed by atoms with Crippen LogP contribution in [-0.4, -0.2) is 55.3 Å². The largest absolute Gasteiger partial charge is 0.388 e. The molecule has 1 aromatic heterocycles. The van der Waals surface area contributed by atoms with Gasteiger partial charge < -0.3 is 20.7 Å². The molecule has 0 aliphatic heterocycles. The van der Waals surface area contributed by atoms with Gasteiger partial charge in [0.15, 0.2) is 0 Å². The third kappa shape index (κ3) is 5.39. The maximum atomic E-state index is 5.53. The van der Waals surface area contributed by atoms with E-state index in [9.17, 15) is 0 Å². The van der Waals surface area contributed by atoms with E-state index in [2.05, 4.69) is 22.2 Å². The van der Waals surface area contributed by atoms with Crippen LogP contribution in [0.25, 0.3) is 0 Å². The summed E-state index contributed by atoms with van der Waals surface area (Å²) in [6, 6.07) is 5.59. The van der Waals surface area contributed by atoms with Gasteiger partial charge in [-0.15, -0.1) is 0 Å². The number of likely N-dealkylation sites (N-methyl/N-ethyl adjacent to an activating group) is 1. The molecule has 0 saturated carbocycles. The number of nitrogens with zero attached hydrogens (tertiary/aromatic N) is 2. The van der Waals surface area contributed by atoms with Gasteiger partial charge in [-0.3, -0.25) is 0 Å². The number of thiocarbonyl (C=S) groups is 1. The fourth-order valence-electron chi connectivity index (χ4n) is 1.40. The van der Waals surface area contributed by atoms with Crippen molar-refractivity contribution < 1.29 is 4.74 Å². The van der Waals surface area contributed by atoms with Crippen molar-refractivity contribution in [3.05, 3.63) is 23.9 Å². The van der Waals surface area contributed by atoms with Crippen molar-refractivity contribution in [3.8, 4) is 0 Å². The number of methoxy groups -OCH3 is 1. The van der Waals surface area contributed by atoms with E-state index in [1.807, 2.05) is 12.1 Å². The van der Waals surface area contributed by atoms with Crippen LogP contribution in [-0.2, 0) is 4.74 Å². The van der Waals surface area contributed by atoms with Gasteiger partial charge in [0.25, 0.3) is 0 Å². The van der Waals surface area contributed by atoms with Gasteiger partial charge in [0.2, 0.25) is 0 Å². The van der Waals surface area contributed by atoms with Crippen LogP contribution in [0.2, 0.25) is 0 Å². The van der Waals surface area contributed by atoms with E-state index in [-0.39, 0.29) is 0 Å². The van der Waals surface area contributed by atoms with Gasteiger partial charge >= 0.3 is 0 Å². The minimum Gasteiger partial charge on any atom is -0.388 e. The molecular formula is C12H20N4OS. The first-order valence-corrected chi connectivity index (χ1v) is 6.22. The summed E-state index contributed by atoms with van der Waals surface area (Å²) in [6.07, 6.45) is 0. The SMILES string of the molecule is COCCN(C)CCNc1cccc(C(N)=S)n1. The summed E-state index contributed by atoms with van der Waals surface area (Å²) in [6.45, 7) is 3.39. The summed E-state index contributed by atoms with van der Waals surface area (Å²) in [5.74, 6) is 0.792. The monoisotopic (exact) mass is 268 g/mol. The molecule has 0 amide bonds. The molecule has 100 valence electrons. The minimum atomic E-state index is 0.316. The predicted molar refractivity (Wildman–Crippen MR) is 78.0 cm³/mol. The van der Waals surface area contributed by atoms with Gasteiger partial charge in [0, 0.05) is 26.7 Å². The minimum absolute atomic E-state index is 0.316. The second kappa shape index (κ2) is 7.97. The molecule has 18 heavy (non-hydrogen) atoms. The lowest BCUT2D eigenvalue weighted by Crippen LogP contribution is -2.28. The number of pyridine rings is 1. The van der Waals surface area contributed by atoms with E-state index in [1.54, 1.807) is 13.2 Å². The topological polar surface area (TPSA) is 63.4 Å². The second-order valence-corrected chi connectivity index (χ2v) is 4.43. The second-order valence-electron chi connectivity index (χ2n) is 4.00. The van der Waals surface area contributed by atoms with E-state index in [4.69, 9.17) is 22.7 Å². The number of hydrogen-bond acceptors (Lipinski definition) is 5. The van der Waals surface area contributed by atoms with Gasteiger partial charge in [-0.25, -0.2) is 4.98 Å². The molecular weight excluding hydrogens is 248 g/mol. The fraction of sp³-hybridized carbons (Fsp3) is 0.500. The zero-order valence-corrected chi connectivity index (χ0v) is 11.7. The molecule has 1 heterocycles. The highest BCUT2D eigenvalue weighted by Crippen LogP contribution is 2.04. The molecule has 0 bridgehead atoms. The summed E-state index contributed by atoms with van der Waals surface area (Å²) in [5.41, 5.74) is 6.17. The van der Waals surface area contributed by atoms with Crippen molar-refractivity contribution in [1.82, 2.24) is 9.88 Å². The highest BCUT2D eigenvalue weighted by Gasteiger charge is 2.01. The molecule has 1 rings (SSSR count). The van der Waals surface area contributed by atoms with E-state index in [1.165, 1.54) is 0 Å². The quantitative estimate of drug-likeness (QED) is 0.677. The van der Waals surface area contributed by atoms with Crippen molar-refractivity contribution in [3.63, 3.8) is 0 Å². The number of hydrogen-bond donors (Lipinski definition) is 2. The highest BCUT2D eigenvalue weighted by molar-refractivity contribution is 7.80. The smallest absolute Gasteiger partial charge is 0.126 e. The molecule has 0 saturated heterocycles. The molecule has 0 aliphatic carbocycles. The molecule has 1 aromatic rings. The molecule has 5 nitrogen and oxygen atoms in total. The summed E-state index contributed by atoms with van der Waals surface area (Å²) < 4.78 is 5.02. The Labute approximate surface area is 113 Å². The fourth-order valence-corrected chi connectivity index (χ4v) is 1.52. The van der Waals surface area contributed by atoms with Crippen molar-refractivity contribution in [1.29, 1.82) is 0 Å². The lowest BCUT2D eigenvalue weighted by molar-refractivity contribution is 0.163. The van der Waals surface area contributed by atoms with Crippen molar-refractivity contribution in [2.24, 2.45) is 5.73 Å². The molecule has 0 radical (unpaired) electrons. The van der Waals surface area contributed by atoms with Gasteiger partial charge in [-0.2, -0.15) is 0 Å². The molecule has 0 unspecified atom stereocenters. The lowest BCUT2D eigenvalue weighted by atomic mass is 10.3. The van der Waals surface area contributed by atoms with Gasteiger partial charge in [0.1, 0.15) is 10.8 Å². The summed E-state index contributed by atoms with van der Waals surface area (Å²) in [4.78, 5) is 6.81. The zero-order valence-electron chi connectivity index (χ0n) is 10.8. The van der Waals surface area contributed by atoms with Crippen LogP contribution < -0.4 is 11.1 Å². The van der Waals surface area contributed by atoms with Gasteiger partial charge in [-0.1, -0.05) is 18.3 Å². The van der Waals surface area contributed by atoms with Crippen LogP contribution in [0, 0.1) is 0 Å². The van der Waals surface area contributed by atoms with E-state index >= 15 is 0 Å². The van der Waals surface area contributed by atoms with Crippen LogP contribution in [0.4, 0.5) is 5.82 Å². The average molecular weight is 268 g/mol. The molecule has 0 fully saturated rings. The third-order valence-corrected chi connectivity index (χ3v) is 2.69. The van der Waals surface area contributed by atoms with Gasteiger partial charge in [-0.05, 0) is 19.2 Å². The van der Waals surface area contributed by atoms with Crippen molar-refractivity contribution >= 4 is 23.0 Å². The molecule has 6 heteroatoms. The number of aromatic nitrogens is 1. The summed E-state index contributed by atoms with van der Waals surface area (Å²) >= 11 is 4.89. The Kier molecular flexibility index (Phi) is 6.56. The van der Waals surface area contributed by atoms with Crippen LogP contribution in [0.1, 0.15) is 5.69 Å². The number of anilines is 1. The number of rotatable bonds is 8. The Morgan fingerprint density at radius 1 is 1.50 bits per heavy atom. The summed E-state index contributed by atoms with van der Waals surface area (Å²) in [7, 11) is 3.76. The Balaban J connectivity index is 2.35. The molecule has 0 aliphatic rings.